The first-order valence-corrected chi connectivity index (χ1v) is 7.65. The van der Waals surface area contributed by atoms with Crippen molar-refractivity contribution in [2.45, 2.75) is 0 Å². The van der Waals surface area contributed by atoms with Crippen LogP contribution in [0, 0.1) is 11.3 Å². The first kappa shape index (κ1) is 14.3. The first-order valence-electron chi connectivity index (χ1n) is 7.65. The lowest BCUT2D eigenvalue weighted by atomic mass is 9.82. The van der Waals surface area contributed by atoms with Crippen molar-refractivity contribution >= 4 is 5.91 Å². The number of ether oxygens (including phenoxy) is 1. The monoisotopic (exact) mass is 314 g/mol. The predicted octanol–water partition coefficient (Wildman–Crippen LogP) is 0.348. The lowest BCUT2D eigenvalue weighted by Crippen LogP contribution is -2.36. The molecule has 0 unspecified atom stereocenters. The van der Waals surface area contributed by atoms with E-state index in [2.05, 4.69) is 10.1 Å². The van der Waals surface area contributed by atoms with Crippen LogP contribution in [0.15, 0.2) is 36.9 Å². The van der Waals surface area contributed by atoms with Gasteiger partial charge in [0.2, 0.25) is 0 Å². The van der Waals surface area contributed by atoms with E-state index >= 15 is 0 Å². The van der Waals surface area contributed by atoms with Crippen molar-refractivity contribution < 1.29 is 14.6 Å². The predicted molar refractivity (Wildman–Crippen MR) is 81.1 cm³/mol. The van der Waals surface area contributed by atoms with Crippen LogP contribution in [0.2, 0.25) is 0 Å². The van der Waals surface area contributed by atoms with E-state index in [1.807, 2.05) is 23.1 Å². The second-order valence-electron chi connectivity index (χ2n) is 6.28. The number of hydrogen-bond acceptors (Lipinski definition) is 5. The summed E-state index contributed by atoms with van der Waals surface area (Å²) in [5.41, 5.74) is 0.992. The van der Waals surface area contributed by atoms with Gasteiger partial charge in [0.1, 0.15) is 12.7 Å². The maximum atomic E-state index is 13.0. The SMILES string of the molecule is O=C(c1ccccc1-n1cncn1)N1C[C@H]2COC[C@@]2(CO)C1. The Bertz CT molecular complexity index is 718. The normalized spacial score (nSPS) is 26.5. The highest BCUT2D eigenvalue weighted by atomic mass is 16.5. The van der Waals surface area contributed by atoms with Gasteiger partial charge in [-0.05, 0) is 12.1 Å². The van der Waals surface area contributed by atoms with Crippen molar-refractivity contribution in [1.29, 1.82) is 0 Å². The summed E-state index contributed by atoms with van der Waals surface area (Å²) in [6, 6.07) is 7.37. The van der Waals surface area contributed by atoms with Crippen LogP contribution in [0.25, 0.3) is 5.69 Å². The Morgan fingerprint density at radius 1 is 1.43 bits per heavy atom. The molecule has 2 saturated heterocycles. The van der Waals surface area contributed by atoms with Crippen molar-refractivity contribution in [3.05, 3.63) is 42.5 Å². The van der Waals surface area contributed by atoms with Crippen molar-refractivity contribution in [2.75, 3.05) is 32.9 Å². The fourth-order valence-corrected chi connectivity index (χ4v) is 3.57. The molecule has 0 radical (unpaired) electrons. The molecule has 1 aromatic carbocycles. The number of para-hydroxylation sites is 1. The van der Waals surface area contributed by atoms with Gasteiger partial charge in [-0.25, -0.2) is 9.67 Å². The molecule has 0 bridgehead atoms. The summed E-state index contributed by atoms with van der Waals surface area (Å²) in [6.45, 7) is 2.31. The molecule has 2 aliphatic heterocycles. The fourth-order valence-electron chi connectivity index (χ4n) is 3.57. The molecule has 1 amide bonds. The number of benzene rings is 1. The Kier molecular flexibility index (Phi) is 3.39. The second kappa shape index (κ2) is 5.43. The topological polar surface area (TPSA) is 80.5 Å². The van der Waals surface area contributed by atoms with Gasteiger partial charge in [0.15, 0.2) is 0 Å². The van der Waals surface area contributed by atoms with Gasteiger partial charge in [0.25, 0.3) is 5.91 Å². The highest BCUT2D eigenvalue weighted by Crippen LogP contribution is 2.41. The second-order valence-corrected chi connectivity index (χ2v) is 6.28. The number of nitrogens with zero attached hydrogens (tertiary/aromatic N) is 4. The van der Waals surface area contributed by atoms with Gasteiger partial charge in [-0.1, -0.05) is 12.1 Å². The van der Waals surface area contributed by atoms with E-state index in [0.29, 0.717) is 37.6 Å². The molecule has 7 nitrogen and oxygen atoms in total. The standard InChI is InChI=1S/C16H18N4O3/c21-8-16-7-19(5-12(16)6-23-9-16)15(22)13-3-1-2-4-14(13)20-11-17-10-18-20/h1-4,10-12,21H,5-9H2/t12-,16-/m0/s1. The summed E-state index contributed by atoms with van der Waals surface area (Å²) < 4.78 is 7.09. The van der Waals surface area contributed by atoms with E-state index in [9.17, 15) is 9.90 Å². The van der Waals surface area contributed by atoms with Crippen LogP contribution >= 0.6 is 0 Å². The molecule has 120 valence electrons. The number of fused-ring (bicyclic) bond motifs is 1. The number of rotatable bonds is 3. The molecule has 2 aromatic rings. The minimum atomic E-state index is -0.308. The van der Waals surface area contributed by atoms with E-state index in [1.54, 1.807) is 17.1 Å². The van der Waals surface area contributed by atoms with E-state index in [-0.39, 0.29) is 23.8 Å². The summed E-state index contributed by atoms with van der Waals surface area (Å²) in [7, 11) is 0. The lowest BCUT2D eigenvalue weighted by molar-refractivity contribution is 0.0631. The highest BCUT2D eigenvalue weighted by Gasteiger charge is 2.51. The van der Waals surface area contributed by atoms with Crippen LogP contribution in [0.5, 0.6) is 0 Å². The van der Waals surface area contributed by atoms with Gasteiger partial charge in [0.05, 0.1) is 31.1 Å². The molecule has 3 heterocycles. The summed E-state index contributed by atoms with van der Waals surface area (Å²) in [6.07, 6.45) is 3.02. The minimum absolute atomic E-state index is 0.0432. The minimum Gasteiger partial charge on any atom is -0.396 e. The molecule has 1 N–H and O–H groups in total. The zero-order valence-corrected chi connectivity index (χ0v) is 12.6. The molecular formula is C16H18N4O3. The number of carbonyl (C=O) groups excluding carboxylic acids is 1. The summed E-state index contributed by atoms with van der Waals surface area (Å²) in [4.78, 5) is 18.8. The quantitative estimate of drug-likeness (QED) is 0.884. The Hall–Kier alpha value is -2.25. The number of amides is 1. The van der Waals surface area contributed by atoms with Gasteiger partial charge >= 0.3 is 0 Å². The Balaban J connectivity index is 1.64. The van der Waals surface area contributed by atoms with E-state index < -0.39 is 0 Å². The number of aromatic nitrogens is 3. The molecular weight excluding hydrogens is 296 g/mol. The van der Waals surface area contributed by atoms with Crippen LogP contribution in [0.4, 0.5) is 0 Å². The Morgan fingerprint density at radius 3 is 3.04 bits per heavy atom. The third-order valence-electron chi connectivity index (χ3n) is 4.92. The maximum Gasteiger partial charge on any atom is 0.256 e. The molecule has 2 fully saturated rings. The van der Waals surface area contributed by atoms with Crippen LogP contribution in [-0.4, -0.2) is 63.6 Å². The number of hydrogen-bond donors (Lipinski definition) is 1. The summed E-state index contributed by atoms with van der Waals surface area (Å²) >= 11 is 0. The zero-order valence-electron chi connectivity index (χ0n) is 12.6. The molecule has 7 heteroatoms. The van der Waals surface area contributed by atoms with Crippen LogP contribution in [0.1, 0.15) is 10.4 Å². The summed E-state index contributed by atoms with van der Waals surface area (Å²) in [5.74, 6) is 0.160. The average molecular weight is 314 g/mol. The molecule has 4 rings (SSSR count). The van der Waals surface area contributed by atoms with Gasteiger partial charge < -0.3 is 14.7 Å². The number of aliphatic hydroxyl groups is 1. The molecule has 0 aliphatic carbocycles. The third-order valence-corrected chi connectivity index (χ3v) is 4.92. The van der Waals surface area contributed by atoms with Gasteiger partial charge in [-0.15, -0.1) is 0 Å². The van der Waals surface area contributed by atoms with Crippen LogP contribution in [0.3, 0.4) is 0 Å². The van der Waals surface area contributed by atoms with Gasteiger partial charge in [-0.3, -0.25) is 4.79 Å². The summed E-state index contributed by atoms with van der Waals surface area (Å²) in [5, 5.41) is 13.9. The fraction of sp³-hybridized carbons (Fsp3) is 0.438. The third kappa shape index (κ3) is 2.24. The Labute approximate surface area is 133 Å². The van der Waals surface area contributed by atoms with Gasteiger partial charge in [0, 0.05) is 24.4 Å². The molecule has 2 atom stereocenters. The van der Waals surface area contributed by atoms with Crippen molar-refractivity contribution in [3.8, 4) is 5.69 Å². The largest absolute Gasteiger partial charge is 0.396 e. The van der Waals surface area contributed by atoms with Crippen LogP contribution < -0.4 is 0 Å². The van der Waals surface area contributed by atoms with E-state index in [1.165, 1.54) is 6.33 Å². The lowest BCUT2D eigenvalue weighted by Gasteiger charge is -2.24. The zero-order chi connectivity index (χ0) is 15.9. The first-order chi connectivity index (χ1) is 11.2. The highest BCUT2D eigenvalue weighted by molar-refractivity contribution is 5.98. The van der Waals surface area contributed by atoms with Crippen molar-refractivity contribution in [1.82, 2.24) is 19.7 Å². The van der Waals surface area contributed by atoms with E-state index in [4.69, 9.17) is 4.74 Å². The number of carbonyl (C=O) groups is 1. The number of likely N-dealkylation sites (tertiary alicyclic amines) is 1. The molecule has 2 aliphatic rings. The van der Waals surface area contributed by atoms with E-state index in [0.717, 1.165) is 0 Å². The van der Waals surface area contributed by atoms with Gasteiger partial charge in [-0.2, -0.15) is 5.10 Å². The molecule has 1 aromatic heterocycles. The smallest absolute Gasteiger partial charge is 0.256 e. The molecule has 23 heavy (non-hydrogen) atoms. The maximum absolute atomic E-state index is 13.0. The van der Waals surface area contributed by atoms with Crippen molar-refractivity contribution in [2.24, 2.45) is 11.3 Å². The average Bonchev–Trinajstić information content (AvgIpc) is 3.29. The Morgan fingerprint density at radius 2 is 2.30 bits per heavy atom. The van der Waals surface area contributed by atoms with Crippen LogP contribution in [-0.2, 0) is 4.74 Å². The van der Waals surface area contributed by atoms with Crippen molar-refractivity contribution in [3.63, 3.8) is 0 Å². The molecule has 0 saturated carbocycles. The number of aliphatic hydroxyl groups excluding tert-OH is 1. The molecule has 0 spiro atoms.